The number of methoxy groups -OCH3 is 1. The molecule has 0 fully saturated rings. The lowest BCUT2D eigenvalue weighted by Crippen LogP contribution is -2.08. The van der Waals surface area contributed by atoms with Crippen LogP contribution >= 0.6 is 31.9 Å². The van der Waals surface area contributed by atoms with Crippen molar-refractivity contribution in [2.75, 3.05) is 7.11 Å². The minimum atomic E-state index is -1.23. The third kappa shape index (κ3) is 6.17. The number of carboxylic acids is 1. The van der Waals surface area contributed by atoms with Crippen molar-refractivity contribution >= 4 is 43.8 Å². The average molecular weight is 670 g/mol. The van der Waals surface area contributed by atoms with Crippen LogP contribution in [0.15, 0.2) is 57.7 Å². The minimum absolute atomic E-state index is 0.0170. The van der Waals surface area contributed by atoms with Crippen LogP contribution in [0.2, 0.25) is 0 Å². The third-order valence-electron chi connectivity index (χ3n) is 5.54. The highest BCUT2D eigenvalue weighted by atomic mass is 79.9. The summed E-state index contributed by atoms with van der Waals surface area (Å²) >= 11 is 5.78. The van der Waals surface area contributed by atoms with Crippen molar-refractivity contribution in [2.24, 2.45) is 0 Å². The smallest absolute Gasteiger partial charge is 0.340 e. The largest absolute Gasteiger partial charge is 0.478 e. The third-order valence-corrected chi connectivity index (χ3v) is 6.76. The summed E-state index contributed by atoms with van der Waals surface area (Å²) in [5.74, 6) is -6.06. The SMILES string of the molecule is COC(=O)c1c(-c2ccc(Br)c(F)c2F)ccnc1C.Cc1nccc(-c2ccc(Br)c(F)c2F)c1C(=O)O. The normalized spacial score (nSPS) is 10.5. The molecule has 0 aliphatic carbocycles. The second kappa shape index (κ2) is 12.5. The van der Waals surface area contributed by atoms with E-state index in [1.54, 1.807) is 6.92 Å². The molecule has 2 heterocycles. The van der Waals surface area contributed by atoms with Crippen LogP contribution < -0.4 is 0 Å². The van der Waals surface area contributed by atoms with Gasteiger partial charge >= 0.3 is 11.9 Å². The number of hydrogen-bond acceptors (Lipinski definition) is 5. The van der Waals surface area contributed by atoms with Crippen LogP contribution in [0.5, 0.6) is 0 Å². The maximum absolute atomic E-state index is 14.0. The standard InChI is InChI=1S/C14H10BrF2NO2.C13H8BrF2NO2/c1-7-11(14(19)20-2)8(5-6-18-7)9-3-4-10(15)13(17)12(9)16;1-6-10(13(18)19)7(4-5-17-6)8-2-3-9(14)12(16)11(8)15/h3-6H,1-2H3;2-5H,1H3,(H,18,19). The summed E-state index contributed by atoms with van der Waals surface area (Å²) in [4.78, 5) is 30.8. The first kappa shape index (κ1) is 29.9. The maximum atomic E-state index is 14.0. The topological polar surface area (TPSA) is 89.4 Å². The number of pyridine rings is 2. The minimum Gasteiger partial charge on any atom is -0.478 e. The Morgan fingerprint density at radius 2 is 1.10 bits per heavy atom. The van der Waals surface area contributed by atoms with Crippen LogP contribution in [-0.4, -0.2) is 34.1 Å². The van der Waals surface area contributed by atoms with Gasteiger partial charge in [0, 0.05) is 34.6 Å². The number of carboxylic acid groups (broad SMARTS) is 1. The molecule has 6 nitrogen and oxygen atoms in total. The molecule has 1 N–H and O–H groups in total. The summed E-state index contributed by atoms with van der Waals surface area (Å²) < 4.78 is 59.8. The summed E-state index contributed by atoms with van der Waals surface area (Å²) in [6, 6.07) is 8.22. The molecule has 0 amide bonds. The van der Waals surface area contributed by atoms with Crippen molar-refractivity contribution in [1.82, 2.24) is 9.97 Å². The van der Waals surface area contributed by atoms with Crippen molar-refractivity contribution in [3.63, 3.8) is 0 Å². The molecular formula is C27H18Br2F4N2O4. The Morgan fingerprint density at radius 3 is 1.51 bits per heavy atom. The molecule has 0 radical (unpaired) electrons. The first-order valence-corrected chi connectivity index (χ1v) is 12.5. The van der Waals surface area contributed by atoms with Crippen molar-refractivity contribution in [2.45, 2.75) is 13.8 Å². The molecule has 4 aromatic rings. The fourth-order valence-corrected chi connectivity index (χ4v) is 4.29. The summed E-state index contributed by atoms with van der Waals surface area (Å²) in [7, 11) is 1.22. The summed E-state index contributed by atoms with van der Waals surface area (Å²) in [6.07, 6.45) is 2.78. The van der Waals surface area contributed by atoms with Gasteiger partial charge in [-0.05, 0) is 70.0 Å². The molecule has 0 bridgehead atoms. The molecule has 0 spiro atoms. The maximum Gasteiger partial charge on any atom is 0.340 e. The van der Waals surface area contributed by atoms with E-state index in [-0.39, 0.29) is 48.0 Å². The molecule has 0 saturated heterocycles. The first-order chi connectivity index (χ1) is 18.4. The van der Waals surface area contributed by atoms with Crippen LogP contribution in [0.4, 0.5) is 17.6 Å². The second-order valence-electron chi connectivity index (χ2n) is 7.88. The van der Waals surface area contributed by atoms with Gasteiger partial charge in [-0.25, -0.2) is 27.2 Å². The number of benzene rings is 2. The van der Waals surface area contributed by atoms with Gasteiger partial charge < -0.3 is 9.84 Å². The molecule has 2 aromatic carbocycles. The van der Waals surface area contributed by atoms with E-state index in [9.17, 15) is 27.2 Å². The molecule has 2 aromatic heterocycles. The van der Waals surface area contributed by atoms with Crippen LogP contribution in [0.25, 0.3) is 22.3 Å². The molecule has 39 heavy (non-hydrogen) atoms. The van der Waals surface area contributed by atoms with E-state index in [4.69, 9.17) is 5.11 Å². The number of hydrogen-bond donors (Lipinski definition) is 1. The number of halogens is 6. The van der Waals surface area contributed by atoms with Gasteiger partial charge in [0.1, 0.15) is 0 Å². The zero-order valence-corrected chi connectivity index (χ0v) is 23.6. The molecule has 0 aliphatic heterocycles. The molecule has 4 rings (SSSR count). The highest BCUT2D eigenvalue weighted by Crippen LogP contribution is 2.33. The number of nitrogens with zero attached hydrogens (tertiary/aromatic N) is 2. The molecular weight excluding hydrogens is 652 g/mol. The Hall–Kier alpha value is -3.64. The number of aromatic carboxylic acids is 1. The second-order valence-corrected chi connectivity index (χ2v) is 9.59. The lowest BCUT2D eigenvalue weighted by molar-refractivity contribution is 0.0599. The molecule has 12 heteroatoms. The van der Waals surface area contributed by atoms with Gasteiger partial charge in [-0.1, -0.05) is 12.1 Å². The number of carbonyl (C=O) groups excluding carboxylic acids is 1. The lowest BCUT2D eigenvalue weighted by Gasteiger charge is -2.11. The average Bonchev–Trinajstić information content (AvgIpc) is 2.90. The lowest BCUT2D eigenvalue weighted by atomic mass is 9.99. The zero-order valence-electron chi connectivity index (χ0n) is 20.5. The Bertz CT molecular complexity index is 1600. The number of rotatable bonds is 4. The highest BCUT2D eigenvalue weighted by Gasteiger charge is 2.22. The van der Waals surface area contributed by atoms with Gasteiger partial charge in [-0.2, -0.15) is 0 Å². The fraction of sp³-hybridized carbons (Fsp3) is 0.111. The van der Waals surface area contributed by atoms with Crippen molar-refractivity contribution in [3.8, 4) is 22.3 Å². The number of esters is 1. The number of aryl methyl sites for hydroxylation is 2. The van der Waals surface area contributed by atoms with Gasteiger partial charge in [-0.3, -0.25) is 9.97 Å². The van der Waals surface area contributed by atoms with E-state index >= 15 is 0 Å². The number of ether oxygens (including phenoxy) is 1. The first-order valence-electron chi connectivity index (χ1n) is 10.9. The molecule has 0 aliphatic rings. The van der Waals surface area contributed by atoms with Crippen LogP contribution in [0.1, 0.15) is 32.1 Å². The highest BCUT2D eigenvalue weighted by molar-refractivity contribution is 9.10. The molecule has 0 unspecified atom stereocenters. The Morgan fingerprint density at radius 1 is 0.692 bits per heavy atom. The summed E-state index contributed by atoms with van der Waals surface area (Å²) in [5.41, 5.74) is 0.834. The van der Waals surface area contributed by atoms with Crippen LogP contribution in [-0.2, 0) is 4.74 Å². The van der Waals surface area contributed by atoms with E-state index in [1.165, 1.54) is 62.8 Å². The Labute approximate surface area is 237 Å². The predicted octanol–water partition coefficient (Wildman–Crippen LogP) is 7.68. The van der Waals surface area contributed by atoms with E-state index < -0.39 is 35.2 Å². The fourth-order valence-electron chi connectivity index (χ4n) is 3.68. The van der Waals surface area contributed by atoms with Gasteiger partial charge in [0.2, 0.25) is 0 Å². The van der Waals surface area contributed by atoms with Gasteiger partial charge in [0.25, 0.3) is 0 Å². The van der Waals surface area contributed by atoms with E-state index in [2.05, 4.69) is 46.6 Å². The van der Waals surface area contributed by atoms with Gasteiger partial charge in [-0.15, -0.1) is 0 Å². The molecule has 202 valence electrons. The quantitative estimate of drug-likeness (QED) is 0.136. The summed E-state index contributed by atoms with van der Waals surface area (Å²) in [6.45, 7) is 3.10. The van der Waals surface area contributed by atoms with Crippen LogP contribution in [0, 0.1) is 37.1 Å². The van der Waals surface area contributed by atoms with Crippen molar-refractivity contribution in [3.05, 3.63) is 104 Å². The van der Waals surface area contributed by atoms with E-state index in [0.717, 1.165) is 0 Å². The van der Waals surface area contributed by atoms with Gasteiger partial charge in [0.05, 0.1) is 38.6 Å². The van der Waals surface area contributed by atoms with Crippen molar-refractivity contribution < 1.29 is 37.0 Å². The number of carbonyl (C=O) groups is 2. The predicted molar refractivity (Wildman–Crippen MR) is 142 cm³/mol. The Kier molecular flexibility index (Phi) is 9.57. The van der Waals surface area contributed by atoms with E-state index in [1.807, 2.05) is 0 Å². The Balaban J connectivity index is 0.000000216. The zero-order chi connectivity index (χ0) is 29.0. The van der Waals surface area contributed by atoms with Crippen molar-refractivity contribution in [1.29, 1.82) is 0 Å². The van der Waals surface area contributed by atoms with E-state index in [0.29, 0.717) is 5.69 Å². The van der Waals surface area contributed by atoms with Crippen LogP contribution in [0.3, 0.4) is 0 Å². The molecule has 0 atom stereocenters. The monoisotopic (exact) mass is 668 g/mol. The molecule has 0 saturated carbocycles. The van der Waals surface area contributed by atoms with Gasteiger partial charge in [0.15, 0.2) is 23.3 Å². The summed E-state index contributed by atoms with van der Waals surface area (Å²) in [5, 5.41) is 9.16. The number of aromatic nitrogens is 2.